The van der Waals surface area contributed by atoms with Crippen LogP contribution in [0.4, 0.5) is 13.2 Å². The molecule has 1 atom stereocenters. The highest BCUT2D eigenvalue weighted by Crippen LogP contribution is 2.19. The first-order valence-electron chi connectivity index (χ1n) is 3.96. The summed E-state index contributed by atoms with van der Waals surface area (Å²) in [6.07, 6.45) is -8.31. The van der Waals surface area contributed by atoms with Crippen molar-refractivity contribution in [2.75, 3.05) is 6.54 Å². The van der Waals surface area contributed by atoms with Gasteiger partial charge < -0.3 is 15.5 Å². The number of halogens is 3. The van der Waals surface area contributed by atoms with E-state index in [2.05, 4.69) is 0 Å². The molecule has 0 aromatic carbocycles. The summed E-state index contributed by atoms with van der Waals surface area (Å²) in [5.41, 5.74) is 0. The standard InChI is InChI=1S/C7H10F3NO4/c8-7(9,10)4(12)3-11-5(13)1-2-6(14)15/h4,12H,1-3H2,(H,11,13)(H,14,15). The summed E-state index contributed by atoms with van der Waals surface area (Å²) in [5, 5.41) is 18.4. The molecule has 1 unspecified atom stereocenters. The molecular weight excluding hydrogens is 219 g/mol. The van der Waals surface area contributed by atoms with Gasteiger partial charge in [0.1, 0.15) is 0 Å². The van der Waals surface area contributed by atoms with Crippen LogP contribution in [-0.4, -0.2) is 40.9 Å². The van der Waals surface area contributed by atoms with Crippen molar-refractivity contribution in [1.29, 1.82) is 0 Å². The molecule has 0 spiro atoms. The van der Waals surface area contributed by atoms with Crippen LogP contribution in [0, 0.1) is 0 Å². The number of rotatable bonds is 5. The average molecular weight is 229 g/mol. The third-order valence-electron chi connectivity index (χ3n) is 1.44. The Bertz CT molecular complexity index is 241. The van der Waals surface area contributed by atoms with Gasteiger partial charge in [-0.25, -0.2) is 0 Å². The monoisotopic (exact) mass is 229 g/mol. The topological polar surface area (TPSA) is 86.6 Å². The Morgan fingerprint density at radius 3 is 2.20 bits per heavy atom. The predicted octanol–water partition coefficient (Wildman–Crippen LogP) is -0.109. The lowest BCUT2D eigenvalue weighted by molar-refractivity contribution is -0.201. The Kier molecular flexibility index (Phi) is 5.06. The number of hydrogen-bond acceptors (Lipinski definition) is 3. The molecule has 0 radical (unpaired) electrons. The van der Waals surface area contributed by atoms with Gasteiger partial charge in [0.05, 0.1) is 13.0 Å². The summed E-state index contributed by atoms with van der Waals surface area (Å²) < 4.78 is 35.2. The van der Waals surface area contributed by atoms with Crippen LogP contribution in [0.15, 0.2) is 0 Å². The van der Waals surface area contributed by atoms with Crippen molar-refractivity contribution < 1.29 is 33.0 Å². The SMILES string of the molecule is O=C(O)CCC(=O)NCC(O)C(F)(F)F. The van der Waals surface area contributed by atoms with Gasteiger partial charge in [0, 0.05) is 6.42 Å². The molecule has 0 aliphatic rings. The van der Waals surface area contributed by atoms with E-state index >= 15 is 0 Å². The minimum Gasteiger partial charge on any atom is -0.481 e. The zero-order chi connectivity index (χ0) is 12.1. The number of carbonyl (C=O) groups is 2. The maximum atomic E-state index is 11.7. The lowest BCUT2D eigenvalue weighted by atomic mass is 10.3. The van der Waals surface area contributed by atoms with Crippen molar-refractivity contribution in [2.45, 2.75) is 25.1 Å². The lowest BCUT2D eigenvalue weighted by Gasteiger charge is -2.14. The minimum atomic E-state index is -4.79. The maximum absolute atomic E-state index is 11.7. The number of carbonyl (C=O) groups excluding carboxylic acids is 1. The molecule has 0 fully saturated rings. The highest BCUT2D eigenvalue weighted by molar-refractivity contribution is 5.80. The van der Waals surface area contributed by atoms with E-state index < -0.39 is 43.5 Å². The van der Waals surface area contributed by atoms with Gasteiger partial charge in [-0.05, 0) is 0 Å². The largest absolute Gasteiger partial charge is 0.481 e. The van der Waals surface area contributed by atoms with Crippen molar-refractivity contribution in [2.24, 2.45) is 0 Å². The smallest absolute Gasteiger partial charge is 0.416 e. The van der Waals surface area contributed by atoms with E-state index in [1.54, 1.807) is 5.32 Å². The van der Waals surface area contributed by atoms with Crippen LogP contribution in [-0.2, 0) is 9.59 Å². The highest BCUT2D eigenvalue weighted by Gasteiger charge is 2.38. The van der Waals surface area contributed by atoms with E-state index in [1.807, 2.05) is 0 Å². The summed E-state index contributed by atoms with van der Waals surface area (Å²) in [4.78, 5) is 20.7. The number of alkyl halides is 3. The fourth-order valence-corrected chi connectivity index (χ4v) is 0.635. The summed E-state index contributed by atoms with van der Waals surface area (Å²) in [6.45, 7) is -0.970. The van der Waals surface area contributed by atoms with Gasteiger partial charge in [0.2, 0.25) is 5.91 Å². The molecule has 0 saturated heterocycles. The maximum Gasteiger partial charge on any atom is 0.416 e. The Balaban J connectivity index is 3.76. The third-order valence-corrected chi connectivity index (χ3v) is 1.44. The first-order chi connectivity index (χ1) is 6.73. The van der Waals surface area contributed by atoms with Crippen molar-refractivity contribution in [3.05, 3.63) is 0 Å². The van der Waals surface area contributed by atoms with E-state index in [-0.39, 0.29) is 0 Å². The van der Waals surface area contributed by atoms with Crippen molar-refractivity contribution in [3.63, 3.8) is 0 Å². The fraction of sp³-hybridized carbons (Fsp3) is 0.714. The van der Waals surface area contributed by atoms with Gasteiger partial charge in [-0.2, -0.15) is 13.2 Å². The van der Waals surface area contributed by atoms with Crippen molar-refractivity contribution in [3.8, 4) is 0 Å². The normalized spacial score (nSPS) is 13.3. The number of aliphatic carboxylic acids is 1. The Morgan fingerprint density at radius 2 is 1.80 bits per heavy atom. The quantitative estimate of drug-likeness (QED) is 0.614. The zero-order valence-corrected chi connectivity index (χ0v) is 7.54. The lowest BCUT2D eigenvalue weighted by Crippen LogP contribution is -2.40. The Labute approximate surface area is 82.9 Å². The molecule has 5 nitrogen and oxygen atoms in total. The Hall–Kier alpha value is -1.31. The van der Waals surface area contributed by atoms with Gasteiger partial charge in [0.15, 0.2) is 6.10 Å². The second-order valence-electron chi connectivity index (χ2n) is 2.76. The van der Waals surface area contributed by atoms with Gasteiger partial charge in [-0.1, -0.05) is 0 Å². The Morgan fingerprint density at radius 1 is 1.27 bits per heavy atom. The zero-order valence-electron chi connectivity index (χ0n) is 7.54. The van der Waals surface area contributed by atoms with E-state index in [0.29, 0.717) is 0 Å². The number of carboxylic acid groups (broad SMARTS) is 1. The van der Waals surface area contributed by atoms with Gasteiger partial charge >= 0.3 is 12.1 Å². The summed E-state index contributed by atoms with van der Waals surface area (Å²) in [5.74, 6) is -2.07. The number of aliphatic hydroxyl groups is 1. The number of amides is 1. The molecule has 15 heavy (non-hydrogen) atoms. The average Bonchev–Trinajstić information content (AvgIpc) is 2.09. The summed E-state index contributed by atoms with van der Waals surface area (Å²) in [7, 11) is 0. The second-order valence-corrected chi connectivity index (χ2v) is 2.76. The fourth-order valence-electron chi connectivity index (χ4n) is 0.635. The molecule has 88 valence electrons. The van der Waals surface area contributed by atoms with Crippen LogP contribution < -0.4 is 5.32 Å². The first-order valence-corrected chi connectivity index (χ1v) is 3.96. The van der Waals surface area contributed by atoms with Crippen LogP contribution in [0.1, 0.15) is 12.8 Å². The molecule has 3 N–H and O–H groups in total. The van der Waals surface area contributed by atoms with Crippen molar-refractivity contribution in [1.82, 2.24) is 5.32 Å². The second kappa shape index (κ2) is 5.54. The van der Waals surface area contributed by atoms with E-state index in [9.17, 15) is 22.8 Å². The molecule has 0 rings (SSSR count). The van der Waals surface area contributed by atoms with E-state index in [0.717, 1.165) is 0 Å². The third kappa shape index (κ3) is 6.72. The molecule has 0 heterocycles. The number of aliphatic hydroxyl groups excluding tert-OH is 1. The summed E-state index contributed by atoms with van der Waals surface area (Å²) >= 11 is 0. The van der Waals surface area contributed by atoms with Crippen LogP contribution in [0.25, 0.3) is 0 Å². The number of hydrogen-bond donors (Lipinski definition) is 3. The van der Waals surface area contributed by atoms with Gasteiger partial charge in [0.25, 0.3) is 0 Å². The summed E-state index contributed by atoms with van der Waals surface area (Å²) in [6, 6.07) is 0. The molecule has 0 aliphatic heterocycles. The first kappa shape index (κ1) is 13.7. The van der Waals surface area contributed by atoms with E-state index in [4.69, 9.17) is 10.2 Å². The van der Waals surface area contributed by atoms with Crippen LogP contribution in [0.3, 0.4) is 0 Å². The molecule has 8 heteroatoms. The highest BCUT2D eigenvalue weighted by atomic mass is 19.4. The van der Waals surface area contributed by atoms with Crippen LogP contribution in [0.2, 0.25) is 0 Å². The van der Waals surface area contributed by atoms with Gasteiger partial charge in [-0.3, -0.25) is 9.59 Å². The van der Waals surface area contributed by atoms with E-state index in [1.165, 1.54) is 0 Å². The number of nitrogens with one attached hydrogen (secondary N) is 1. The molecule has 0 bridgehead atoms. The molecule has 1 amide bonds. The molecule has 0 saturated carbocycles. The van der Waals surface area contributed by atoms with Crippen molar-refractivity contribution >= 4 is 11.9 Å². The number of carboxylic acids is 1. The molecule has 0 aromatic heterocycles. The molecular formula is C7H10F3NO4. The van der Waals surface area contributed by atoms with Crippen LogP contribution >= 0.6 is 0 Å². The van der Waals surface area contributed by atoms with Crippen LogP contribution in [0.5, 0.6) is 0 Å². The molecule has 0 aliphatic carbocycles. The predicted molar refractivity (Wildman–Crippen MR) is 41.9 cm³/mol. The van der Waals surface area contributed by atoms with Gasteiger partial charge in [-0.15, -0.1) is 0 Å². The minimum absolute atomic E-state index is 0.417. The molecule has 0 aromatic rings.